The second-order valence-corrected chi connectivity index (χ2v) is 5.33. The summed E-state index contributed by atoms with van der Waals surface area (Å²) in [6, 6.07) is 13.0. The number of hydrogen-bond donors (Lipinski definition) is 2. The molecule has 0 aliphatic carbocycles. The van der Waals surface area contributed by atoms with Crippen LogP contribution in [-0.4, -0.2) is 6.54 Å². The van der Waals surface area contributed by atoms with Crippen LogP contribution >= 0.6 is 15.9 Å². The summed E-state index contributed by atoms with van der Waals surface area (Å²) < 4.78 is 14.0. The fourth-order valence-corrected chi connectivity index (χ4v) is 2.19. The minimum Gasteiger partial charge on any atom is -0.377 e. The van der Waals surface area contributed by atoms with Crippen LogP contribution in [-0.2, 0) is 0 Å². The standard InChI is InChI=1S/C15H16BrFN2/c1-10-3-2-4-12(7-10)19-15(9-18)11-5-6-13(16)14(17)8-11/h2-8,15,19H,9,18H2,1H3. The van der Waals surface area contributed by atoms with Gasteiger partial charge in [0, 0.05) is 12.2 Å². The van der Waals surface area contributed by atoms with Gasteiger partial charge in [-0.2, -0.15) is 0 Å². The Kier molecular flexibility index (Phi) is 4.56. The van der Waals surface area contributed by atoms with E-state index in [-0.39, 0.29) is 11.9 Å². The molecule has 1 atom stereocenters. The Labute approximate surface area is 121 Å². The highest BCUT2D eigenvalue weighted by Gasteiger charge is 2.11. The lowest BCUT2D eigenvalue weighted by Gasteiger charge is -2.19. The topological polar surface area (TPSA) is 38.0 Å². The van der Waals surface area contributed by atoms with Crippen LogP contribution in [0.4, 0.5) is 10.1 Å². The van der Waals surface area contributed by atoms with Crippen LogP contribution in [0.2, 0.25) is 0 Å². The number of nitrogens with one attached hydrogen (secondary N) is 1. The molecule has 0 aliphatic rings. The van der Waals surface area contributed by atoms with E-state index in [0.717, 1.165) is 11.3 Å². The molecule has 0 aromatic heterocycles. The van der Waals surface area contributed by atoms with E-state index in [1.54, 1.807) is 6.07 Å². The Morgan fingerprint density at radius 1 is 1.26 bits per heavy atom. The molecule has 4 heteroatoms. The average molecular weight is 323 g/mol. The third-order valence-corrected chi connectivity index (χ3v) is 3.58. The van der Waals surface area contributed by atoms with Crippen molar-refractivity contribution in [1.29, 1.82) is 0 Å². The van der Waals surface area contributed by atoms with E-state index in [1.807, 2.05) is 37.3 Å². The molecule has 0 radical (unpaired) electrons. The van der Waals surface area contributed by atoms with E-state index in [1.165, 1.54) is 11.6 Å². The Morgan fingerprint density at radius 3 is 2.68 bits per heavy atom. The van der Waals surface area contributed by atoms with Crippen LogP contribution in [0, 0.1) is 12.7 Å². The Morgan fingerprint density at radius 2 is 2.05 bits per heavy atom. The van der Waals surface area contributed by atoms with Crippen LogP contribution in [0.25, 0.3) is 0 Å². The predicted molar refractivity (Wildman–Crippen MR) is 80.7 cm³/mol. The van der Waals surface area contributed by atoms with Crippen LogP contribution in [0.5, 0.6) is 0 Å². The molecule has 0 saturated carbocycles. The first-order valence-electron chi connectivity index (χ1n) is 6.08. The largest absolute Gasteiger partial charge is 0.377 e. The quantitative estimate of drug-likeness (QED) is 0.892. The van der Waals surface area contributed by atoms with Crippen molar-refractivity contribution in [1.82, 2.24) is 0 Å². The summed E-state index contributed by atoms with van der Waals surface area (Å²) in [6.45, 7) is 2.43. The second-order valence-electron chi connectivity index (χ2n) is 4.48. The number of aryl methyl sites for hydroxylation is 1. The molecule has 3 N–H and O–H groups in total. The molecule has 0 saturated heterocycles. The zero-order valence-electron chi connectivity index (χ0n) is 10.7. The van der Waals surface area contributed by atoms with Crippen LogP contribution in [0.1, 0.15) is 17.2 Å². The van der Waals surface area contributed by atoms with Crippen LogP contribution in [0.15, 0.2) is 46.9 Å². The van der Waals surface area contributed by atoms with Crippen LogP contribution < -0.4 is 11.1 Å². The van der Waals surface area contributed by atoms with Gasteiger partial charge in [0.05, 0.1) is 10.5 Å². The summed E-state index contributed by atoms with van der Waals surface area (Å²) in [4.78, 5) is 0. The molecule has 0 aliphatic heterocycles. The van der Waals surface area contributed by atoms with E-state index in [2.05, 4.69) is 21.2 Å². The molecular weight excluding hydrogens is 307 g/mol. The monoisotopic (exact) mass is 322 g/mol. The summed E-state index contributed by atoms with van der Waals surface area (Å²) in [5, 5.41) is 3.33. The molecule has 2 nitrogen and oxygen atoms in total. The van der Waals surface area contributed by atoms with E-state index in [4.69, 9.17) is 5.73 Å². The first kappa shape index (κ1) is 14.0. The number of benzene rings is 2. The summed E-state index contributed by atoms with van der Waals surface area (Å²) in [7, 11) is 0. The second kappa shape index (κ2) is 6.17. The van der Waals surface area contributed by atoms with Gasteiger partial charge in [-0.15, -0.1) is 0 Å². The molecule has 0 fully saturated rings. The van der Waals surface area contributed by atoms with Crippen molar-refractivity contribution in [3.8, 4) is 0 Å². The highest BCUT2D eigenvalue weighted by atomic mass is 79.9. The number of halogens is 2. The number of hydrogen-bond acceptors (Lipinski definition) is 2. The van der Waals surface area contributed by atoms with Crippen molar-refractivity contribution in [3.63, 3.8) is 0 Å². The normalized spacial score (nSPS) is 12.2. The van der Waals surface area contributed by atoms with Gasteiger partial charge in [-0.25, -0.2) is 4.39 Å². The summed E-state index contributed by atoms with van der Waals surface area (Å²) in [5.41, 5.74) is 8.77. The van der Waals surface area contributed by atoms with Crippen molar-refractivity contribution in [2.45, 2.75) is 13.0 Å². The maximum absolute atomic E-state index is 13.6. The maximum Gasteiger partial charge on any atom is 0.137 e. The van der Waals surface area contributed by atoms with E-state index < -0.39 is 0 Å². The summed E-state index contributed by atoms with van der Waals surface area (Å²) in [6.07, 6.45) is 0. The van der Waals surface area contributed by atoms with Gasteiger partial charge in [0.25, 0.3) is 0 Å². The third-order valence-electron chi connectivity index (χ3n) is 2.94. The van der Waals surface area contributed by atoms with Crippen molar-refractivity contribution >= 4 is 21.6 Å². The molecule has 2 aromatic carbocycles. The fraction of sp³-hybridized carbons (Fsp3) is 0.200. The first-order valence-corrected chi connectivity index (χ1v) is 6.87. The van der Waals surface area contributed by atoms with Crippen molar-refractivity contribution in [3.05, 3.63) is 63.9 Å². The van der Waals surface area contributed by atoms with Crippen LogP contribution in [0.3, 0.4) is 0 Å². The van der Waals surface area contributed by atoms with E-state index in [0.29, 0.717) is 11.0 Å². The minimum absolute atomic E-state index is 0.107. The molecular formula is C15H16BrFN2. The molecule has 0 spiro atoms. The third kappa shape index (κ3) is 3.55. The maximum atomic E-state index is 13.6. The SMILES string of the molecule is Cc1cccc(NC(CN)c2ccc(Br)c(F)c2)c1. The summed E-state index contributed by atoms with van der Waals surface area (Å²) in [5.74, 6) is -0.276. The predicted octanol–water partition coefficient (Wildman–Crippen LogP) is 4.01. The summed E-state index contributed by atoms with van der Waals surface area (Å²) >= 11 is 3.15. The number of rotatable bonds is 4. The highest BCUT2D eigenvalue weighted by Crippen LogP contribution is 2.23. The van der Waals surface area contributed by atoms with E-state index >= 15 is 0 Å². The highest BCUT2D eigenvalue weighted by molar-refractivity contribution is 9.10. The fourth-order valence-electron chi connectivity index (χ4n) is 1.94. The first-order chi connectivity index (χ1) is 9.10. The molecule has 0 amide bonds. The Bertz CT molecular complexity index is 572. The molecule has 1 unspecified atom stereocenters. The van der Waals surface area contributed by atoms with Gasteiger partial charge in [-0.05, 0) is 58.2 Å². The van der Waals surface area contributed by atoms with Gasteiger partial charge in [-0.1, -0.05) is 18.2 Å². The molecule has 100 valence electrons. The molecule has 0 bridgehead atoms. The van der Waals surface area contributed by atoms with Gasteiger partial charge in [0.1, 0.15) is 5.82 Å². The molecule has 2 rings (SSSR count). The van der Waals surface area contributed by atoms with E-state index in [9.17, 15) is 4.39 Å². The van der Waals surface area contributed by atoms with Gasteiger partial charge in [-0.3, -0.25) is 0 Å². The van der Waals surface area contributed by atoms with Crippen molar-refractivity contribution in [2.24, 2.45) is 5.73 Å². The smallest absolute Gasteiger partial charge is 0.137 e. The minimum atomic E-state index is -0.276. The van der Waals surface area contributed by atoms with Gasteiger partial charge < -0.3 is 11.1 Å². The Hall–Kier alpha value is -1.39. The average Bonchev–Trinajstić information content (AvgIpc) is 2.39. The lowest BCUT2D eigenvalue weighted by atomic mass is 10.1. The van der Waals surface area contributed by atoms with Crippen molar-refractivity contribution < 1.29 is 4.39 Å². The zero-order chi connectivity index (χ0) is 13.8. The lowest BCUT2D eigenvalue weighted by molar-refractivity contribution is 0.615. The van der Waals surface area contributed by atoms with Gasteiger partial charge >= 0.3 is 0 Å². The number of anilines is 1. The van der Waals surface area contributed by atoms with Gasteiger partial charge in [0.15, 0.2) is 0 Å². The zero-order valence-corrected chi connectivity index (χ0v) is 12.2. The molecule has 2 aromatic rings. The lowest BCUT2D eigenvalue weighted by Crippen LogP contribution is -2.20. The molecule has 19 heavy (non-hydrogen) atoms. The molecule has 0 heterocycles. The van der Waals surface area contributed by atoms with Crippen molar-refractivity contribution in [2.75, 3.05) is 11.9 Å². The number of nitrogens with two attached hydrogens (primary N) is 1. The Balaban J connectivity index is 2.22. The van der Waals surface area contributed by atoms with Gasteiger partial charge in [0.2, 0.25) is 0 Å².